The summed E-state index contributed by atoms with van der Waals surface area (Å²) in [6.45, 7) is 4.05. The van der Waals surface area contributed by atoms with Crippen LogP contribution in [0.15, 0.2) is 146 Å². The Morgan fingerprint density at radius 2 is 1.00 bits per heavy atom. The van der Waals surface area contributed by atoms with Gasteiger partial charge in [-0.15, -0.1) is 0 Å². The summed E-state index contributed by atoms with van der Waals surface area (Å²) in [6, 6.07) is 38.7. The van der Waals surface area contributed by atoms with E-state index in [1.165, 1.54) is 0 Å². The lowest BCUT2D eigenvalue weighted by Crippen LogP contribution is -2.46. The van der Waals surface area contributed by atoms with Gasteiger partial charge in [-0.2, -0.15) is 0 Å². The maximum Gasteiger partial charge on any atom is 0.194 e. The van der Waals surface area contributed by atoms with Crippen molar-refractivity contribution in [2.45, 2.75) is 25.2 Å². The first-order valence-corrected chi connectivity index (χ1v) is 17.7. The van der Waals surface area contributed by atoms with Gasteiger partial charge in [0.15, 0.2) is 17.1 Å². The summed E-state index contributed by atoms with van der Waals surface area (Å²) in [5.74, 6) is -0.155. The number of aromatic nitrogens is 2. The third-order valence-corrected chi connectivity index (χ3v) is 9.82. The Kier molecular flexibility index (Phi) is 8.53. The second-order valence-corrected chi connectivity index (χ2v) is 14.0. The number of halogens is 2. The van der Waals surface area contributed by atoms with Gasteiger partial charge >= 0.3 is 0 Å². The van der Waals surface area contributed by atoms with Crippen molar-refractivity contribution < 1.29 is 4.79 Å². The molecule has 2 aliphatic rings. The van der Waals surface area contributed by atoms with Gasteiger partial charge in [-0.05, 0) is 123 Å². The van der Waals surface area contributed by atoms with Crippen molar-refractivity contribution in [2.24, 2.45) is 0 Å². The van der Waals surface area contributed by atoms with Gasteiger partial charge in [0.1, 0.15) is 0 Å². The highest BCUT2D eigenvalue weighted by Gasteiger charge is 2.42. The Bertz CT molecular complexity index is 2200. The number of hydrogen-bond donors (Lipinski definition) is 4. The molecule has 0 amide bonds. The van der Waals surface area contributed by atoms with Crippen LogP contribution in [-0.4, -0.2) is 15.8 Å². The van der Waals surface area contributed by atoms with Crippen LogP contribution in [-0.2, 0) is 16.1 Å². The zero-order chi connectivity index (χ0) is 35.9. The minimum atomic E-state index is -1.11. The van der Waals surface area contributed by atoms with Gasteiger partial charge in [-0.3, -0.25) is 14.8 Å². The topological polar surface area (TPSA) is 91.0 Å². The van der Waals surface area contributed by atoms with E-state index in [0.717, 1.165) is 45.0 Å². The summed E-state index contributed by atoms with van der Waals surface area (Å²) < 4.78 is 0. The number of allylic oxidation sites excluding steroid dienone is 2. The van der Waals surface area contributed by atoms with Crippen molar-refractivity contribution in [2.75, 3.05) is 21.3 Å². The monoisotopic (exact) mass is 720 g/mol. The minimum Gasteiger partial charge on any atom is -0.355 e. The number of carbonyl (C=O) groups excluding carboxylic acids is 1. The molecule has 256 valence electrons. The smallest absolute Gasteiger partial charge is 0.194 e. The number of fused-ring (bicyclic) bond motifs is 2. The molecule has 4 aromatic carbocycles. The molecule has 2 aromatic heterocycles. The van der Waals surface area contributed by atoms with Crippen molar-refractivity contribution in [3.63, 3.8) is 0 Å². The summed E-state index contributed by atoms with van der Waals surface area (Å²) in [6.07, 6.45) is 7.42. The highest BCUT2D eigenvalue weighted by molar-refractivity contribution is 6.44. The van der Waals surface area contributed by atoms with E-state index in [-0.39, 0.29) is 5.78 Å². The van der Waals surface area contributed by atoms with Gasteiger partial charge in [0.2, 0.25) is 0 Å². The predicted octanol–water partition coefficient (Wildman–Crippen LogP) is 10.2. The molecule has 9 heteroatoms. The SMILES string of the molecule is Cc1ccc2c(c1)C(C(=O)C1=CC(Nc3ccc(Cl)cc3)(c3ccccn3)Nc3ccc(C)cc31)=CC(Nc1ccc(Cl)cc1)(c1ccccn1)N2. The lowest BCUT2D eigenvalue weighted by molar-refractivity contribution is -0.108. The Labute approximate surface area is 312 Å². The molecule has 8 rings (SSSR count). The Hall–Kier alpha value is -5.89. The zero-order valence-corrected chi connectivity index (χ0v) is 29.9. The fraction of sp³-hybridized carbons (Fsp3) is 0.0930. The maximum atomic E-state index is 15.6. The van der Waals surface area contributed by atoms with E-state index in [9.17, 15) is 0 Å². The average Bonchev–Trinajstić information content (AvgIpc) is 3.17. The number of benzene rings is 4. The molecule has 0 bridgehead atoms. The van der Waals surface area contributed by atoms with Gasteiger partial charge in [0.25, 0.3) is 0 Å². The molecule has 2 atom stereocenters. The third-order valence-electron chi connectivity index (χ3n) is 9.31. The van der Waals surface area contributed by atoms with Crippen LogP contribution in [0.4, 0.5) is 22.7 Å². The van der Waals surface area contributed by atoms with E-state index in [2.05, 4.69) is 21.3 Å². The Balaban J connectivity index is 1.36. The van der Waals surface area contributed by atoms with Crippen LogP contribution < -0.4 is 21.3 Å². The number of nitrogens with zero attached hydrogens (tertiary/aromatic N) is 2. The highest BCUT2D eigenvalue weighted by atomic mass is 35.5. The largest absolute Gasteiger partial charge is 0.355 e. The molecule has 0 saturated carbocycles. The summed E-state index contributed by atoms with van der Waals surface area (Å²) >= 11 is 12.6. The Morgan fingerprint density at radius 3 is 1.38 bits per heavy atom. The lowest BCUT2D eigenvalue weighted by Gasteiger charge is -2.41. The molecular formula is C43H34Cl2N6O. The number of Topliss-reactive ketones (excluding diaryl/α,β-unsaturated/α-hetero) is 1. The number of nitrogens with one attached hydrogen (secondary N) is 4. The van der Waals surface area contributed by atoms with Crippen LogP contribution in [0.5, 0.6) is 0 Å². The molecule has 4 heterocycles. The number of hydrogen-bond acceptors (Lipinski definition) is 7. The first-order chi connectivity index (χ1) is 25.2. The molecule has 0 spiro atoms. The van der Waals surface area contributed by atoms with Crippen LogP contribution in [0.3, 0.4) is 0 Å². The molecule has 0 saturated heterocycles. The summed E-state index contributed by atoms with van der Waals surface area (Å²) in [4.78, 5) is 25.2. The predicted molar refractivity (Wildman–Crippen MR) is 213 cm³/mol. The fourth-order valence-electron chi connectivity index (χ4n) is 6.84. The molecule has 2 unspecified atom stereocenters. The molecule has 2 aliphatic heterocycles. The Morgan fingerprint density at radius 1 is 0.577 bits per heavy atom. The average molecular weight is 722 g/mol. The van der Waals surface area contributed by atoms with Crippen molar-refractivity contribution in [1.82, 2.24) is 9.97 Å². The summed E-state index contributed by atoms with van der Waals surface area (Å²) in [7, 11) is 0. The van der Waals surface area contributed by atoms with E-state index in [1.807, 2.05) is 147 Å². The van der Waals surface area contributed by atoms with Crippen molar-refractivity contribution >= 4 is 62.9 Å². The zero-order valence-electron chi connectivity index (χ0n) is 28.4. The molecule has 7 nitrogen and oxygen atoms in total. The second kappa shape index (κ2) is 13.3. The van der Waals surface area contributed by atoms with Crippen LogP contribution in [0.1, 0.15) is 33.6 Å². The van der Waals surface area contributed by atoms with Crippen molar-refractivity contribution in [1.29, 1.82) is 0 Å². The third kappa shape index (κ3) is 6.30. The van der Waals surface area contributed by atoms with Crippen molar-refractivity contribution in [3.05, 3.63) is 190 Å². The molecule has 4 N–H and O–H groups in total. The first kappa shape index (κ1) is 33.3. The summed E-state index contributed by atoms with van der Waals surface area (Å²) in [5.41, 5.74) is 7.00. The molecule has 0 radical (unpaired) electrons. The number of carbonyl (C=O) groups is 1. The number of rotatable bonds is 8. The van der Waals surface area contributed by atoms with E-state index in [4.69, 9.17) is 33.2 Å². The van der Waals surface area contributed by atoms with Crippen LogP contribution in [0, 0.1) is 13.8 Å². The molecule has 0 aliphatic carbocycles. The van der Waals surface area contributed by atoms with Crippen LogP contribution >= 0.6 is 23.2 Å². The van der Waals surface area contributed by atoms with E-state index < -0.39 is 11.3 Å². The molecule has 6 aromatic rings. The van der Waals surface area contributed by atoms with Crippen molar-refractivity contribution in [3.8, 4) is 0 Å². The standard InChI is InChI=1S/C43H34Cl2N6O/c1-27-9-19-37-33(23-27)35(25-42(50-37,39-7-3-5-21-46-39)48-31-15-11-29(44)12-16-31)41(52)36-26-43(40-8-4-6-22-47-40,49-32-17-13-30(45)14-18-32)51-38-20-10-28(2)24-34(36)38/h3-26,48-51H,1-2H3. The number of ketones is 1. The number of pyridine rings is 2. The number of aryl methyl sites for hydroxylation is 2. The minimum absolute atomic E-state index is 0.155. The maximum absolute atomic E-state index is 15.6. The quantitative estimate of drug-likeness (QED) is 0.124. The van der Waals surface area contributed by atoms with Gasteiger partial charge in [-0.25, -0.2) is 0 Å². The molecular weight excluding hydrogens is 687 g/mol. The first-order valence-electron chi connectivity index (χ1n) is 16.9. The fourth-order valence-corrected chi connectivity index (χ4v) is 7.09. The molecule has 52 heavy (non-hydrogen) atoms. The van der Waals surface area contributed by atoms with Crippen LogP contribution in [0.25, 0.3) is 11.1 Å². The lowest BCUT2D eigenvalue weighted by atomic mass is 9.81. The van der Waals surface area contributed by atoms with E-state index >= 15 is 4.79 Å². The summed E-state index contributed by atoms with van der Waals surface area (Å²) in [5, 5.41) is 16.0. The van der Waals surface area contributed by atoms with Gasteiger partial charge in [-0.1, -0.05) is 58.6 Å². The molecule has 0 fully saturated rings. The van der Waals surface area contributed by atoms with Gasteiger partial charge in [0.05, 0.1) is 11.4 Å². The van der Waals surface area contributed by atoms with Gasteiger partial charge in [0, 0.05) is 67.5 Å². The van der Waals surface area contributed by atoms with Gasteiger partial charge < -0.3 is 21.3 Å². The number of anilines is 4. The second-order valence-electron chi connectivity index (χ2n) is 13.1. The normalized spacial score (nSPS) is 18.8. The highest BCUT2D eigenvalue weighted by Crippen LogP contribution is 2.46. The van der Waals surface area contributed by atoms with E-state index in [1.54, 1.807) is 12.4 Å². The van der Waals surface area contributed by atoms with Crippen LogP contribution in [0.2, 0.25) is 10.0 Å². The van der Waals surface area contributed by atoms with E-state index in [0.29, 0.717) is 32.6 Å².